The first-order chi connectivity index (χ1) is 15.7. The molecule has 1 aromatic heterocycles. The molecule has 0 radical (unpaired) electrons. The van der Waals surface area contributed by atoms with E-state index in [1.54, 1.807) is 0 Å². The summed E-state index contributed by atoms with van der Waals surface area (Å²) < 4.78 is 0. The fourth-order valence-corrected chi connectivity index (χ4v) is 5.13. The smallest absolute Gasteiger partial charge is 0.253 e. The molecule has 0 bridgehead atoms. The third-order valence-corrected chi connectivity index (χ3v) is 7.17. The van der Waals surface area contributed by atoms with Crippen molar-refractivity contribution in [1.82, 2.24) is 14.8 Å². The van der Waals surface area contributed by atoms with Crippen LogP contribution < -0.4 is 4.90 Å². The van der Waals surface area contributed by atoms with E-state index in [4.69, 9.17) is 0 Å². The summed E-state index contributed by atoms with van der Waals surface area (Å²) in [7, 11) is 0. The average molecular weight is 429 g/mol. The van der Waals surface area contributed by atoms with Gasteiger partial charge in [0.2, 0.25) is 5.91 Å². The number of para-hydroxylation sites is 1. The van der Waals surface area contributed by atoms with Gasteiger partial charge in [-0.2, -0.15) is 0 Å². The quantitative estimate of drug-likeness (QED) is 0.695. The molecule has 1 aliphatic carbocycles. The second kappa shape index (κ2) is 7.69. The molecule has 2 fully saturated rings. The van der Waals surface area contributed by atoms with Gasteiger partial charge in [-0.25, -0.2) is 0 Å². The lowest BCUT2D eigenvalue weighted by Gasteiger charge is -2.35. The molecule has 3 aliphatic rings. The topological polar surface area (TPSA) is 59.7 Å². The number of carbonyl (C=O) groups is 2. The Bertz CT molecular complexity index is 1170. The number of nitrogens with one attached hydrogen (secondary N) is 1. The minimum absolute atomic E-state index is 0.0617. The van der Waals surface area contributed by atoms with E-state index in [0.29, 0.717) is 26.2 Å². The molecule has 1 N–H and O–H groups in total. The van der Waals surface area contributed by atoms with Gasteiger partial charge < -0.3 is 19.7 Å². The maximum absolute atomic E-state index is 13.0. The van der Waals surface area contributed by atoms with Crippen LogP contribution >= 0.6 is 0 Å². The minimum Gasteiger partial charge on any atom is -0.365 e. The first-order valence-electron chi connectivity index (χ1n) is 11.7. The number of benzene rings is 2. The maximum atomic E-state index is 13.0. The van der Waals surface area contributed by atoms with E-state index in [2.05, 4.69) is 46.3 Å². The van der Waals surface area contributed by atoms with Gasteiger partial charge in [0.1, 0.15) is 0 Å². The highest BCUT2D eigenvalue weighted by Gasteiger charge is 2.35. The van der Waals surface area contributed by atoms with E-state index < -0.39 is 0 Å². The predicted molar refractivity (Wildman–Crippen MR) is 125 cm³/mol. The third kappa shape index (κ3) is 3.44. The number of nitrogens with zero attached hydrogens (tertiary/aromatic N) is 3. The van der Waals surface area contributed by atoms with Crippen molar-refractivity contribution in [2.75, 3.05) is 37.6 Å². The average Bonchev–Trinajstić information content (AvgIpc) is 3.63. The summed E-state index contributed by atoms with van der Waals surface area (Å²) in [5.41, 5.74) is 5.79. The third-order valence-electron chi connectivity index (χ3n) is 7.17. The Hall–Kier alpha value is -3.28. The van der Waals surface area contributed by atoms with Crippen molar-refractivity contribution < 1.29 is 9.59 Å². The zero-order valence-electron chi connectivity index (χ0n) is 18.2. The molecule has 0 spiro atoms. The van der Waals surface area contributed by atoms with Crippen molar-refractivity contribution in [2.24, 2.45) is 5.92 Å². The van der Waals surface area contributed by atoms with Gasteiger partial charge >= 0.3 is 0 Å². The molecule has 2 aromatic carbocycles. The number of fused-ring (bicyclic) bond motifs is 3. The van der Waals surface area contributed by atoms with Crippen molar-refractivity contribution in [3.8, 4) is 0 Å². The van der Waals surface area contributed by atoms with Gasteiger partial charge in [-0.05, 0) is 55.2 Å². The number of hydrogen-bond acceptors (Lipinski definition) is 3. The van der Waals surface area contributed by atoms with Crippen LogP contribution in [0.25, 0.3) is 10.9 Å². The van der Waals surface area contributed by atoms with Crippen LogP contribution in [0.1, 0.15) is 34.5 Å². The minimum atomic E-state index is 0.0617. The van der Waals surface area contributed by atoms with Crippen LogP contribution in [0.3, 0.4) is 0 Å². The van der Waals surface area contributed by atoms with Crippen LogP contribution in [0.2, 0.25) is 0 Å². The normalized spacial score (nSPS) is 18.7. The van der Waals surface area contributed by atoms with E-state index in [1.165, 1.54) is 22.2 Å². The molecular formula is C26H28N4O2. The number of anilines is 1. The molecule has 32 heavy (non-hydrogen) atoms. The molecule has 2 amide bonds. The van der Waals surface area contributed by atoms with E-state index >= 15 is 0 Å². The van der Waals surface area contributed by atoms with Crippen molar-refractivity contribution in [1.29, 1.82) is 0 Å². The summed E-state index contributed by atoms with van der Waals surface area (Å²) in [6.45, 7) is 4.37. The SMILES string of the molecule is O=C(c1ccc(N2CCc3c([nH]c4ccccc34)C2)cc1)N1CCN(C(=O)C2CC2)CC1. The monoisotopic (exact) mass is 428 g/mol. The zero-order chi connectivity index (χ0) is 21.7. The Labute approximate surface area is 187 Å². The molecule has 164 valence electrons. The molecule has 6 heteroatoms. The van der Waals surface area contributed by atoms with Crippen LogP contribution in [-0.4, -0.2) is 59.3 Å². The lowest BCUT2D eigenvalue weighted by Crippen LogP contribution is -2.51. The highest BCUT2D eigenvalue weighted by Crippen LogP contribution is 2.32. The summed E-state index contributed by atoms with van der Waals surface area (Å²) in [6, 6.07) is 16.5. The molecule has 3 aromatic rings. The van der Waals surface area contributed by atoms with Crippen molar-refractivity contribution in [3.05, 3.63) is 65.4 Å². The van der Waals surface area contributed by atoms with E-state index in [0.717, 1.165) is 43.6 Å². The molecule has 3 heterocycles. The molecule has 1 saturated heterocycles. The lowest BCUT2D eigenvalue weighted by atomic mass is 10.0. The van der Waals surface area contributed by atoms with Gasteiger partial charge in [0.05, 0.1) is 6.54 Å². The fraction of sp³-hybridized carbons (Fsp3) is 0.385. The van der Waals surface area contributed by atoms with E-state index in [-0.39, 0.29) is 17.7 Å². The predicted octanol–water partition coefficient (Wildman–Crippen LogP) is 3.43. The summed E-state index contributed by atoms with van der Waals surface area (Å²) in [6.07, 6.45) is 3.08. The van der Waals surface area contributed by atoms with E-state index in [1.807, 2.05) is 21.9 Å². The van der Waals surface area contributed by atoms with Crippen molar-refractivity contribution in [2.45, 2.75) is 25.8 Å². The number of rotatable bonds is 3. The number of aromatic nitrogens is 1. The van der Waals surface area contributed by atoms with Gasteiger partial charge in [-0.1, -0.05) is 18.2 Å². The standard InChI is InChI=1S/C26H28N4O2/c31-25(18-5-6-18)28-13-15-29(16-14-28)26(32)19-7-9-20(10-8-19)30-12-11-22-21-3-1-2-4-23(21)27-24(22)17-30/h1-4,7-10,18,27H,5-6,11-17H2. The van der Waals surface area contributed by atoms with Gasteiger partial charge in [-0.15, -0.1) is 0 Å². The largest absolute Gasteiger partial charge is 0.365 e. The van der Waals surface area contributed by atoms with Crippen LogP contribution in [0, 0.1) is 5.92 Å². The molecule has 2 aliphatic heterocycles. The number of carbonyl (C=O) groups excluding carboxylic acids is 2. The Kier molecular flexibility index (Phi) is 4.67. The Morgan fingerprint density at radius 3 is 2.31 bits per heavy atom. The van der Waals surface area contributed by atoms with Crippen LogP contribution in [0.15, 0.2) is 48.5 Å². The van der Waals surface area contributed by atoms with Gasteiger partial charge in [0, 0.05) is 66.5 Å². The summed E-state index contributed by atoms with van der Waals surface area (Å²) in [5, 5.41) is 1.34. The fourth-order valence-electron chi connectivity index (χ4n) is 5.13. The molecule has 6 rings (SSSR count). The number of H-pyrrole nitrogens is 1. The number of amides is 2. The second-order valence-corrected chi connectivity index (χ2v) is 9.24. The number of piperazine rings is 1. The first-order valence-corrected chi connectivity index (χ1v) is 11.7. The van der Waals surface area contributed by atoms with Gasteiger partial charge in [0.15, 0.2) is 0 Å². The lowest BCUT2D eigenvalue weighted by molar-refractivity contribution is -0.134. The number of aromatic amines is 1. The first kappa shape index (κ1) is 19.4. The Morgan fingerprint density at radius 1 is 0.844 bits per heavy atom. The Morgan fingerprint density at radius 2 is 1.56 bits per heavy atom. The van der Waals surface area contributed by atoms with E-state index in [9.17, 15) is 9.59 Å². The van der Waals surface area contributed by atoms with Crippen LogP contribution in [0.5, 0.6) is 0 Å². The highest BCUT2D eigenvalue weighted by molar-refractivity contribution is 5.95. The highest BCUT2D eigenvalue weighted by atomic mass is 16.2. The molecule has 6 nitrogen and oxygen atoms in total. The van der Waals surface area contributed by atoms with Gasteiger partial charge in [-0.3, -0.25) is 9.59 Å². The number of hydrogen-bond donors (Lipinski definition) is 1. The van der Waals surface area contributed by atoms with Gasteiger partial charge in [0.25, 0.3) is 5.91 Å². The van der Waals surface area contributed by atoms with Crippen molar-refractivity contribution in [3.63, 3.8) is 0 Å². The summed E-state index contributed by atoms with van der Waals surface area (Å²) in [4.78, 5) is 35.0. The van der Waals surface area contributed by atoms with Crippen molar-refractivity contribution >= 4 is 28.4 Å². The van der Waals surface area contributed by atoms with Crippen LogP contribution in [0.4, 0.5) is 5.69 Å². The summed E-state index contributed by atoms with van der Waals surface area (Å²) >= 11 is 0. The summed E-state index contributed by atoms with van der Waals surface area (Å²) in [5.74, 6) is 0.591. The molecule has 1 saturated carbocycles. The molecular weight excluding hydrogens is 400 g/mol. The zero-order valence-corrected chi connectivity index (χ0v) is 18.2. The molecule has 0 atom stereocenters. The molecule has 0 unspecified atom stereocenters. The second-order valence-electron chi connectivity index (χ2n) is 9.24. The Balaban J connectivity index is 1.11. The maximum Gasteiger partial charge on any atom is 0.253 e. The van der Waals surface area contributed by atoms with Crippen LogP contribution in [-0.2, 0) is 17.8 Å².